The summed E-state index contributed by atoms with van der Waals surface area (Å²) in [6.45, 7) is 2.23. The zero-order valence-corrected chi connectivity index (χ0v) is 10.3. The highest BCUT2D eigenvalue weighted by Crippen LogP contribution is 2.19. The van der Waals surface area contributed by atoms with Crippen LogP contribution in [-0.4, -0.2) is 50.6 Å². The van der Waals surface area contributed by atoms with Gasteiger partial charge in [0.25, 0.3) is 0 Å². The average molecular weight is 253 g/mol. The topological polar surface area (TPSA) is 97.3 Å². The Morgan fingerprint density at radius 1 is 1.61 bits per heavy atom. The number of amides is 1. The molecule has 0 saturated carbocycles. The monoisotopic (exact) mass is 253 g/mol. The Morgan fingerprint density at radius 3 is 3.11 bits per heavy atom. The molecule has 3 N–H and O–H groups in total. The van der Waals surface area contributed by atoms with E-state index in [1.54, 1.807) is 6.20 Å². The number of nitrogens with zero attached hydrogens (tertiary/aromatic N) is 4. The van der Waals surface area contributed by atoms with Crippen LogP contribution >= 0.6 is 0 Å². The quantitative estimate of drug-likeness (QED) is 0.699. The molecular formula is C11H19N5O2. The van der Waals surface area contributed by atoms with E-state index < -0.39 is 0 Å². The van der Waals surface area contributed by atoms with E-state index in [-0.39, 0.29) is 19.1 Å². The smallest absolute Gasteiger partial charge is 0.244 e. The van der Waals surface area contributed by atoms with Crippen molar-refractivity contribution >= 4 is 5.91 Å². The molecule has 1 saturated heterocycles. The van der Waals surface area contributed by atoms with Gasteiger partial charge in [0.2, 0.25) is 5.91 Å². The Labute approximate surface area is 106 Å². The minimum Gasteiger partial charge on any atom is -0.396 e. The number of nitrogens with two attached hydrogens (primary N) is 1. The maximum Gasteiger partial charge on any atom is 0.244 e. The van der Waals surface area contributed by atoms with Gasteiger partial charge in [-0.05, 0) is 18.8 Å². The molecule has 0 radical (unpaired) electrons. The highest BCUT2D eigenvalue weighted by atomic mass is 16.3. The van der Waals surface area contributed by atoms with Crippen LogP contribution in [-0.2, 0) is 17.9 Å². The number of likely N-dealkylation sites (tertiary alicyclic amines) is 1. The molecule has 0 aromatic carbocycles. The van der Waals surface area contributed by atoms with Crippen molar-refractivity contribution < 1.29 is 9.90 Å². The molecule has 2 rings (SSSR count). The van der Waals surface area contributed by atoms with E-state index in [1.165, 1.54) is 4.68 Å². The number of aliphatic hydroxyl groups excluding tert-OH is 1. The molecule has 1 aliphatic heterocycles. The van der Waals surface area contributed by atoms with Crippen LogP contribution in [0.15, 0.2) is 6.20 Å². The molecule has 1 aliphatic rings. The summed E-state index contributed by atoms with van der Waals surface area (Å²) >= 11 is 0. The number of aromatic nitrogens is 3. The number of aliphatic hydroxyl groups is 1. The summed E-state index contributed by atoms with van der Waals surface area (Å²) in [5.41, 5.74) is 6.12. The normalized spacial score (nSPS) is 19.4. The molecule has 1 unspecified atom stereocenters. The lowest BCUT2D eigenvalue weighted by Gasteiger charge is -2.16. The lowest BCUT2D eigenvalue weighted by Crippen LogP contribution is -2.32. The first-order chi connectivity index (χ1) is 8.72. The van der Waals surface area contributed by atoms with E-state index in [0.717, 1.165) is 25.9 Å². The second-order valence-electron chi connectivity index (χ2n) is 4.62. The molecule has 1 amide bonds. The zero-order chi connectivity index (χ0) is 13.0. The first-order valence-corrected chi connectivity index (χ1v) is 6.20. The van der Waals surface area contributed by atoms with Crippen LogP contribution in [0.3, 0.4) is 0 Å². The van der Waals surface area contributed by atoms with Gasteiger partial charge in [-0.25, -0.2) is 4.68 Å². The van der Waals surface area contributed by atoms with Crippen molar-refractivity contribution in [2.45, 2.75) is 25.9 Å². The zero-order valence-electron chi connectivity index (χ0n) is 10.3. The molecule has 0 spiro atoms. The summed E-state index contributed by atoms with van der Waals surface area (Å²) in [6.07, 6.45) is 3.43. The summed E-state index contributed by atoms with van der Waals surface area (Å²) < 4.78 is 1.52. The van der Waals surface area contributed by atoms with E-state index in [2.05, 4.69) is 10.3 Å². The molecule has 0 aliphatic carbocycles. The standard InChI is InChI=1S/C11H19N5O2/c12-5-10-7-16(14-13-10)8-11(18)15-3-1-9(6-15)2-4-17/h7,9,17H,1-6,8,12H2. The minimum atomic E-state index is 0.0453. The van der Waals surface area contributed by atoms with Gasteiger partial charge in [0, 0.05) is 26.2 Å². The van der Waals surface area contributed by atoms with E-state index >= 15 is 0 Å². The molecular weight excluding hydrogens is 234 g/mol. The Hall–Kier alpha value is -1.47. The highest BCUT2D eigenvalue weighted by molar-refractivity contribution is 5.76. The summed E-state index contributed by atoms with van der Waals surface area (Å²) in [5, 5.41) is 16.6. The third-order valence-corrected chi connectivity index (χ3v) is 3.27. The van der Waals surface area contributed by atoms with Gasteiger partial charge in [-0.1, -0.05) is 5.21 Å². The van der Waals surface area contributed by atoms with Crippen molar-refractivity contribution in [3.8, 4) is 0 Å². The predicted octanol–water partition coefficient (Wildman–Crippen LogP) is -1.03. The number of hydrogen-bond donors (Lipinski definition) is 2. The third kappa shape index (κ3) is 3.05. The van der Waals surface area contributed by atoms with Crippen molar-refractivity contribution in [3.63, 3.8) is 0 Å². The fourth-order valence-electron chi connectivity index (χ4n) is 2.23. The van der Waals surface area contributed by atoms with Gasteiger partial charge in [0.05, 0.1) is 11.9 Å². The summed E-state index contributed by atoms with van der Waals surface area (Å²) in [7, 11) is 0. The molecule has 100 valence electrons. The largest absolute Gasteiger partial charge is 0.396 e. The van der Waals surface area contributed by atoms with Gasteiger partial charge in [-0.15, -0.1) is 5.10 Å². The van der Waals surface area contributed by atoms with Crippen LogP contribution in [0.2, 0.25) is 0 Å². The maximum atomic E-state index is 12.0. The minimum absolute atomic E-state index is 0.0453. The highest BCUT2D eigenvalue weighted by Gasteiger charge is 2.25. The number of hydrogen-bond acceptors (Lipinski definition) is 5. The molecule has 1 aromatic heterocycles. The molecule has 7 heteroatoms. The second-order valence-corrected chi connectivity index (χ2v) is 4.62. The van der Waals surface area contributed by atoms with Gasteiger partial charge in [-0.2, -0.15) is 0 Å². The first-order valence-electron chi connectivity index (χ1n) is 6.20. The van der Waals surface area contributed by atoms with E-state index in [4.69, 9.17) is 10.8 Å². The predicted molar refractivity (Wildman–Crippen MR) is 64.3 cm³/mol. The van der Waals surface area contributed by atoms with Crippen LogP contribution in [0.1, 0.15) is 18.5 Å². The fraction of sp³-hybridized carbons (Fsp3) is 0.727. The maximum absolute atomic E-state index is 12.0. The Morgan fingerprint density at radius 2 is 2.44 bits per heavy atom. The van der Waals surface area contributed by atoms with Crippen LogP contribution < -0.4 is 5.73 Å². The van der Waals surface area contributed by atoms with Crippen molar-refractivity contribution in [1.82, 2.24) is 19.9 Å². The Bertz CT molecular complexity index is 406. The molecule has 2 heterocycles. The SMILES string of the molecule is NCc1cn(CC(=O)N2CCC(CCO)C2)nn1. The van der Waals surface area contributed by atoms with Crippen molar-refractivity contribution in [2.24, 2.45) is 11.7 Å². The van der Waals surface area contributed by atoms with E-state index in [9.17, 15) is 4.79 Å². The van der Waals surface area contributed by atoms with E-state index in [0.29, 0.717) is 18.2 Å². The fourth-order valence-corrected chi connectivity index (χ4v) is 2.23. The molecule has 0 bridgehead atoms. The molecule has 1 atom stereocenters. The molecule has 7 nitrogen and oxygen atoms in total. The van der Waals surface area contributed by atoms with E-state index in [1.807, 2.05) is 4.90 Å². The second kappa shape index (κ2) is 5.92. The lowest BCUT2D eigenvalue weighted by atomic mass is 10.1. The van der Waals surface area contributed by atoms with Crippen LogP contribution in [0, 0.1) is 5.92 Å². The number of carbonyl (C=O) groups is 1. The number of carbonyl (C=O) groups excluding carboxylic acids is 1. The van der Waals surface area contributed by atoms with Crippen LogP contribution in [0.25, 0.3) is 0 Å². The molecule has 1 fully saturated rings. The first kappa shape index (κ1) is 13.0. The Balaban J connectivity index is 1.85. The average Bonchev–Trinajstić information content (AvgIpc) is 2.98. The van der Waals surface area contributed by atoms with Crippen LogP contribution in [0.5, 0.6) is 0 Å². The molecule has 1 aromatic rings. The number of rotatable bonds is 5. The summed E-state index contributed by atoms with van der Waals surface area (Å²) in [6, 6.07) is 0. The van der Waals surface area contributed by atoms with Crippen molar-refractivity contribution in [2.75, 3.05) is 19.7 Å². The van der Waals surface area contributed by atoms with Gasteiger partial charge >= 0.3 is 0 Å². The van der Waals surface area contributed by atoms with Gasteiger partial charge in [-0.3, -0.25) is 4.79 Å². The van der Waals surface area contributed by atoms with Crippen molar-refractivity contribution in [1.29, 1.82) is 0 Å². The molecule has 18 heavy (non-hydrogen) atoms. The van der Waals surface area contributed by atoms with Crippen molar-refractivity contribution in [3.05, 3.63) is 11.9 Å². The third-order valence-electron chi connectivity index (χ3n) is 3.27. The van der Waals surface area contributed by atoms with Crippen LogP contribution in [0.4, 0.5) is 0 Å². The van der Waals surface area contributed by atoms with Gasteiger partial charge in [0.1, 0.15) is 6.54 Å². The lowest BCUT2D eigenvalue weighted by molar-refractivity contribution is -0.131. The Kier molecular flexibility index (Phi) is 4.27. The van der Waals surface area contributed by atoms with Gasteiger partial charge in [0.15, 0.2) is 0 Å². The van der Waals surface area contributed by atoms with Gasteiger partial charge < -0.3 is 15.7 Å². The summed E-state index contributed by atoms with van der Waals surface area (Å²) in [4.78, 5) is 13.8. The summed E-state index contributed by atoms with van der Waals surface area (Å²) in [5.74, 6) is 0.471.